The van der Waals surface area contributed by atoms with E-state index in [0.29, 0.717) is 15.7 Å². The number of anilines is 3. The first kappa shape index (κ1) is 20.9. The summed E-state index contributed by atoms with van der Waals surface area (Å²) >= 11 is 12.0. The largest absolute Gasteiger partial charge is 0.351 e. The van der Waals surface area contributed by atoms with Crippen molar-refractivity contribution in [2.45, 2.75) is 18.9 Å². The van der Waals surface area contributed by atoms with E-state index in [9.17, 15) is 14.4 Å². The van der Waals surface area contributed by atoms with Crippen LogP contribution in [0.3, 0.4) is 0 Å². The fourth-order valence-electron chi connectivity index (χ4n) is 3.28. The van der Waals surface area contributed by atoms with Crippen LogP contribution in [-0.4, -0.2) is 21.8 Å². The predicted molar refractivity (Wildman–Crippen MR) is 119 cm³/mol. The van der Waals surface area contributed by atoms with Crippen molar-refractivity contribution in [2.24, 2.45) is 0 Å². The Morgan fingerprint density at radius 3 is 2.65 bits per heavy atom. The van der Waals surface area contributed by atoms with Crippen LogP contribution in [0.25, 0.3) is 0 Å². The molecule has 31 heavy (non-hydrogen) atoms. The molecule has 8 nitrogen and oxygen atoms in total. The van der Waals surface area contributed by atoms with Crippen LogP contribution in [0.2, 0.25) is 10.0 Å². The number of hydrogen-bond donors (Lipinski definition) is 4. The van der Waals surface area contributed by atoms with E-state index in [0.717, 1.165) is 5.56 Å². The molecule has 1 unspecified atom stereocenters. The highest BCUT2D eigenvalue weighted by Crippen LogP contribution is 2.31. The first-order valence-electron chi connectivity index (χ1n) is 9.38. The molecule has 1 aliphatic heterocycles. The van der Waals surface area contributed by atoms with Crippen molar-refractivity contribution >= 4 is 52.5 Å². The molecule has 10 heteroatoms. The normalized spacial score (nSPS) is 15.0. The van der Waals surface area contributed by atoms with Crippen molar-refractivity contribution in [2.75, 3.05) is 10.6 Å². The van der Waals surface area contributed by atoms with Crippen LogP contribution >= 0.6 is 23.2 Å². The van der Waals surface area contributed by atoms with Gasteiger partial charge in [-0.15, -0.1) is 0 Å². The summed E-state index contributed by atoms with van der Waals surface area (Å²) in [5.41, 5.74) is 0.951. The number of carbonyl (C=O) groups is 2. The van der Waals surface area contributed by atoms with Crippen molar-refractivity contribution in [1.82, 2.24) is 15.3 Å². The molecule has 0 bridgehead atoms. The Morgan fingerprint density at radius 2 is 1.90 bits per heavy atom. The summed E-state index contributed by atoms with van der Waals surface area (Å²) in [6.45, 7) is 0.285. The lowest BCUT2D eigenvalue weighted by molar-refractivity contribution is -0.126. The third-order valence-corrected chi connectivity index (χ3v) is 5.31. The number of rotatable bonds is 5. The van der Waals surface area contributed by atoms with Gasteiger partial charge < -0.3 is 16.0 Å². The Bertz CT molecular complexity index is 1210. The Kier molecular flexibility index (Phi) is 5.92. The lowest BCUT2D eigenvalue weighted by atomic mass is 9.92. The molecule has 2 aromatic carbocycles. The monoisotopic (exact) mass is 457 g/mol. The maximum absolute atomic E-state index is 12.8. The molecular weight excluding hydrogens is 441 g/mol. The van der Waals surface area contributed by atoms with Gasteiger partial charge in [-0.3, -0.25) is 19.4 Å². The number of nitrogens with zero attached hydrogens (tertiary/aromatic N) is 1. The molecule has 3 aromatic rings. The van der Waals surface area contributed by atoms with Gasteiger partial charge in [0.05, 0.1) is 22.2 Å². The van der Waals surface area contributed by atoms with Gasteiger partial charge in [-0.1, -0.05) is 53.5 Å². The highest BCUT2D eigenvalue weighted by Gasteiger charge is 2.34. The smallest absolute Gasteiger partial charge is 0.258 e. The van der Waals surface area contributed by atoms with Crippen molar-refractivity contribution in [3.8, 4) is 0 Å². The minimum absolute atomic E-state index is 0.0347. The molecule has 0 aliphatic carbocycles. The zero-order valence-electron chi connectivity index (χ0n) is 16.0. The average molecular weight is 458 g/mol. The van der Waals surface area contributed by atoms with E-state index in [2.05, 4.69) is 25.9 Å². The number of aromatic amines is 1. The topological polar surface area (TPSA) is 116 Å². The summed E-state index contributed by atoms with van der Waals surface area (Å²) in [5.74, 6) is -1.67. The Morgan fingerprint density at radius 1 is 1.13 bits per heavy atom. The number of nitrogens with one attached hydrogen (secondary N) is 4. The number of fused-ring (bicyclic) bond motifs is 1. The maximum atomic E-state index is 12.8. The first-order chi connectivity index (χ1) is 14.9. The summed E-state index contributed by atoms with van der Waals surface area (Å²) in [6.07, 6.45) is -0.145. The second-order valence-corrected chi connectivity index (χ2v) is 7.78. The molecule has 0 radical (unpaired) electrons. The van der Waals surface area contributed by atoms with E-state index >= 15 is 0 Å². The van der Waals surface area contributed by atoms with E-state index in [-0.39, 0.29) is 30.3 Å². The van der Waals surface area contributed by atoms with Gasteiger partial charge in [-0.05, 0) is 23.8 Å². The highest BCUT2D eigenvalue weighted by atomic mass is 35.5. The zero-order chi connectivity index (χ0) is 22.0. The second kappa shape index (κ2) is 8.79. The van der Waals surface area contributed by atoms with Crippen LogP contribution < -0.4 is 21.5 Å². The van der Waals surface area contributed by atoms with Crippen molar-refractivity contribution in [3.05, 3.63) is 80.1 Å². The van der Waals surface area contributed by atoms with Crippen LogP contribution in [0.15, 0.2) is 53.3 Å². The minimum atomic E-state index is -0.947. The van der Waals surface area contributed by atoms with Gasteiger partial charge in [0.15, 0.2) is 0 Å². The molecule has 0 spiro atoms. The minimum Gasteiger partial charge on any atom is -0.351 e. The molecule has 1 aliphatic rings. The Labute approximate surface area is 187 Å². The molecule has 0 saturated carbocycles. The lowest BCUT2D eigenvalue weighted by Gasteiger charge is -2.23. The molecular formula is C21H17Cl2N5O3. The van der Waals surface area contributed by atoms with Gasteiger partial charge in [0.2, 0.25) is 17.8 Å². The molecule has 4 rings (SSSR count). The molecule has 2 amide bonds. The molecule has 2 heterocycles. The first-order valence-corrected chi connectivity index (χ1v) is 10.1. The van der Waals surface area contributed by atoms with Gasteiger partial charge in [0, 0.05) is 18.0 Å². The highest BCUT2D eigenvalue weighted by molar-refractivity contribution is 6.36. The summed E-state index contributed by atoms with van der Waals surface area (Å²) < 4.78 is 0. The van der Waals surface area contributed by atoms with Crippen LogP contribution in [0, 0.1) is 0 Å². The fourth-order valence-corrected chi connectivity index (χ4v) is 3.74. The quantitative estimate of drug-likeness (QED) is 0.467. The summed E-state index contributed by atoms with van der Waals surface area (Å²) in [4.78, 5) is 44.6. The third-order valence-electron chi connectivity index (χ3n) is 4.76. The summed E-state index contributed by atoms with van der Waals surface area (Å²) in [5, 5.41) is 9.02. The SMILES string of the molecule is O=C1CC(C(=O)NCc2ccccc2)c2c(nc(Nc3ccc(Cl)cc3Cl)[nH]c2=O)N1. The number of halogens is 2. The van der Waals surface area contributed by atoms with Crippen molar-refractivity contribution < 1.29 is 9.59 Å². The third kappa shape index (κ3) is 4.70. The van der Waals surface area contributed by atoms with E-state index in [1.165, 1.54) is 6.07 Å². The molecule has 1 aromatic heterocycles. The molecule has 0 fully saturated rings. The summed E-state index contributed by atoms with van der Waals surface area (Å²) in [7, 11) is 0. The van der Waals surface area contributed by atoms with Gasteiger partial charge >= 0.3 is 0 Å². The number of carbonyl (C=O) groups excluding carboxylic acids is 2. The second-order valence-electron chi connectivity index (χ2n) is 6.93. The van der Waals surface area contributed by atoms with Crippen LogP contribution in [0.1, 0.15) is 23.5 Å². The number of H-pyrrole nitrogens is 1. The molecule has 4 N–H and O–H groups in total. The average Bonchev–Trinajstić information content (AvgIpc) is 2.74. The maximum Gasteiger partial charge on any atom is 0.258 e. The van der Waals surface area contributed by atoms with E-state index < -0.39 is 23.3 Å². The predicted octanol–water partition coefficient (Wildman–Crippen LogP) is 3.56. The number of amides is 2. The van der Waals surface area contributed by atoms with Gasteiger partial charge in [0.1, 0.15) is 5.82 Å². The lowest BCUT2D eigenvalue weighted by Crippen LogP contribution is -2.39. The van der Waals surface area contributed by atoms with E-state index in [1.807, 2.05) is 30.3 Å². The van der Waals surface area contributed by atoms with Crippen LogP contribution in [-0.2, 0) is 16.1 Å². The Balaban J connectivity index is 1.59. The number of aromatic nitrogens is 2. The number of benzene rings is 2. The fraction of sp³-hybridized carbons (Fsp3) is 0.143. The van der Waals surface area contributed by atoms with E-state index in [1.54, 1.807) is 12.1 Å². The molecule has 158 valence electrons. The molecule has 0 saturated heterocycles. The number of hydrogen-bond acceptors (Lipinski definition) is 5. The van der Waals surface area contributed by atoms with E-state index in [4.69, 9.17) is 23.2 Å². The Hall–Kier alpha value is -3.36. The van der Waals surface area contributed by atoms with Crippen molar-refractivity contribution in [1.29, 1.82) is 0 Å². The van der Waals surface area contributed by atoms with Crippen LogP contribution in [0.5, 0.6) is 0 Å². The molecule has 1 atom stereocenters. The van der Waals surface area contributed by atoms with Gasteiger partial charge in [-0.2, -0.15) is 4.98 Å². The van der Waals surface area contributed by atoms with Crippen LogP contribution in [0.4, 0.5) is 17.5 Å². The zero-order valence-corrected chi connectivity index (χ0v) is 17.6. The standard InChI is InChI=1S/C21H17Cl2N5O3/c22-12-6-7-15(14(23)8-12)25-21-27-18-17(20(31)28-21)13(9-16(29)26-18)19(30)24-10-11-4-2-1-3-5-11/h1-8,13H,9-10H2,(H,24,30)(H3,25,26,27,28,29,31). The van der Waals surface area contributed by atoms with Gasteiger partial charge in [0.25, 0.3) is 5.56 Å². The van der Waals surface area contributed by atoms with Crippen molar-refractivity contribution in [3.63, 3.8) is 0 Å². The van der Waals surface area contributed by atoms with Gasteiger partial charge in [-0.25, -0.2) is 0 Å². The summed E-state index contributed by atoms with van der Waals surface area (Å²) in [6, 6.07) is 14.1.